The van der Waals surface area contributed by atoms with Gasteiger partial charge in [0.25, 0.3) is 0 Å². The molecular weight excluding hydrogens is 456 g/mol. The van der Waals surface area contributed by atoms with E-state index in [0.717, 1.165) is 41.4 Å². The molecule has 26 heavy (non-hydrogen) atoms. The number of carbonyl (C=O) groups excluding carboxylic acids is 1. The number of rotatable bonds is 5. The van der Waals surface area contributed by atoms with E-state index in [4.69, 9.17) is 0 Å². The molecule has 1 saturated carbocycles. The Balaban J connectivity index is 1.26. The summed E-state index contributed by atoms with van der Waals surface area (Å²) in [5, 5.41) is 3.20. The Morgan fingerprint density at radius 3 is 2.65 bits per heavy atom. The molecule has 1 N–H and O–H groups in total. The number of nitrogens with zero attached hydrogens (tertiary/aromatic N) is 1. The van der Waals surface area contributed by atoms with Gasteiger partial charge in [0.1, 0.15) is 0 Å². The van der Waals surface area contributed by atoms with Gasteiger partial charge in [-0.25, -0.2) is 0 Å². The zero-order chi connectivity index (χ0) is 18.1. The van der Waals surface area contributed by atoms with Crippen LogP contribution in [-0.4, -0.2) is 25.5 Å². The van der Waals surface area contributed by atoms with Crippen LogP contribution >= 0.6 is 31.9 Å². The van der Waals surface area contributed by atoms with Gasteiger partial charge < -0.3 is 10.2 Å². The first-order valence-electron chi connectivity index (χ1n) is 9.14. The number of amides is 1. The third kappa shape index (κ3) is 4.15. The molecule has 136 valence electrons. The van der Waals surface area contributed by atoms with Crippen LogP contribution in [0.15, 0.2) is 57.5 Å². The molecule has 1 heterocycles. The van der Waals surface area contributed by atoms with E-state index in [9.17, 15) is 4.79 Å². The molecule has 3 unspecified atom stereocenters. The number of benzene rings is 2. The molecule has 0 spiro atoms. The summed E-state index contributed by atoms with van der Waals surface area (Å²) in [7, 11) is 0. The summed E-state index contributed by atoms with van der Waals surface area (Å²) in [4.78, 5) is 14.9. The predicted octanol–water partition coefficient (Wildman–Crippen LogP) is 4.96. The molecule has 1 aliphatic carbocycles. The van der Waals surface area contributed by atoms with Gasteiger partial charge in [-0.15, -0.1) is 0 Å². The Labute approximate surface area is 171 Å². The summed E-state index contributed by atoms with van der Waals surface area (Å²) in [6.45, 7) is 2.85. The summed E-state index contributed by atoms with van der Waals surface area (Å²) in [6, 6.07) is 16.8. The van der Waals surface area contributed by atoms with Crippen LogP contribution in [0.5, 0.6) is 0 Å². The first kappa shape index (κ1) is 18.1. The SMILES string of the molecule is O=C(NCC1CCN(c2cccc(Br)c2)C1)C1CC1c1cccc(Br)c1. The number of nitrogens with one attached hydrogen (secondary N) is 1. The van der Waals surface area contributed by atoms with E-state index in [1.54, 1.807) is 0 Å². The molecule has 1 amide bonds. The fraction of sp³-hybridized carbons (Fsp3) is 0.381. The minimum absolute atomic E-state index is 0.145. The number of hydrogen-bond donors (Lipinski definition) is 1. The third-order valence-corrected chi connectivity index (χ3v) is 6.41. The van der Waals surface area contributed by atoms with E-state index in [0.29, 0.717) is 11.8 Å². The summed E-state index contributed by atoms with van der Waals surface area (Å²) in [6.07, 6.45) is 2.10. The Kier molecular flexibility index (Phi) is 5.37. The maximum atomic E-state index is 12.5. The lowest BCUT2D eigenvalue weighted by molar-refractivity contribution is -0.122. The monoisotopic (exact) mass is 476 g/mol. The second-order valence-corrected chi connectivity index (χ2v) is 9.16. The number of carbonyl (C=O) groups is 1. The second-order valence-electron chi connectivity index (χ2n) is 7.33. The molecule has 2 aliphatic rings. The van der Waals surface area contributed by atoms with Gasteiger partial charge >= 0.3 is 0 Å². The van der Waals surface area contributed by atoms with Crippen molar-refractivity contribution in [3.05, 3.63) is 63.0 Å². The Morgan fingerprint density at radius 1 is 1.12 bits per heavy atom. The van der Waals surface area contributed by atoms with Crippen molar-refractivity contribution in [1.82, 2.24) is 5.32 Å². The molecule has 3 atom stereocenters. The minimum Gasteiger partial charge on any atom is -0.371 e. The standard InChI is InChI=1S/C21H22Br2N2O/c22-16-4-1-3-15(9-16)19-11-20(19)21(26)24-12-14-7-8-25(13-14)18-6-2-5-17(23)10-18/h1-6,9-10,14,19-20H,7-8,11-13H2,(H,24,26). The van der Waals surface area contributed by atoms with Gasteiger partial charge in [-0.1, -0.05) is 50.1 Å². The van der Waals surface area contributed by atoms with Gasteiger partial charge in [-0.3, -0.25) is 4.79 Å². The zero-order valence-electron chi connectivity index (χ0n) is 14.5. The molecule has 0 radical (unpaired) electrons. The summed E-state index contributed by atoms with van der Waals surface area (Å²) in [5.74, 6) is 1.28. The highest BCUT2D eigenvalue weighted by molar-refractivity contribution is 9.10. The molecule has 3 nitrogen and oxygen atoms in total. The highest BCUT2D eigenvalue weighted by atomic mass is 79.9. The van der Waals surface area contributed by atoms with Crippen LogP contribution in [0.1, 0.15) is 24.3 Å². The van der Waals surface area contributed by atoms with Crippen molar-refractivity contribution < 1.29 is 4.79 Å². The quantitative estimate of drug-likeness (QED) is 0.660. The summed E-state index contributed by atoms with van der Waals surface area (Å²) >= 11 is 7.05. The van der Waals surface area contributed by atoms with Gasteiger partial charge in [-0.2, -0.15) is 0 Å². The first-order valence-corrected chi connectivity index (χ1v) is 10.7. The van der Waals surface area contributed by atoms with E-state index in [-0.39, 0.29) is 11.8 Å². The van der Waals surface area contributed by atoms with Crippen LogP contribution in [0.3, 0.4) is 0 Å². The van der Waals surface area contributed by atoms with Crippen LogP contribution < -0.4 is 10.2 Å². The third-order valence-electron chi connectivity index (χ3n) is 5.43. The van der Waals surface area contributed by atoms with Crippen LogP contribution in [0.2, 0.25) is 0 Å². The number of halogens is 2. The van der Waals surface area contributed by atoms with Crippen molar-refractivity contribution in [1.29, 1.82) is 0 Å². The van der Waals surface area contributed by atoms with Crippen LogP contribution in [0, 0.1) is 11.8 Å². The minimum atomic E-state index is 0.145. The predicted molar refractivity (Wildman–Crippen MR) is 112 cm³/mol. The molecular formula is C21H22Br2N2O. The van der Waals surface area contributed by atoms with Crippen LogP contribution in [-0.2, 0) is 4.79 Å². The average Bonchev–Trinajstić information content (AvgIpc) is 3.30. The van der Waals surface area contributed by atoms with Crippen molar-refractivity contribution >= 4 is 43.5 Å². The topological polar surface area (TPSA) is 32.3 Å². The summed E-state index contributed by atoms with van der Waals surface area (Å²) < 4.78 is 2.19. The maximum absolute atomic E-state index is 12.5. The lowest BCUT2D eigenvalue weighted by Crippen LogP contribution is -2.32. The molecule has 0 aromatic heterocycles. The van der Waals surface area contributed by atoms with Crippen molar-refractivity contribution in [2.45, 2.75) is 18.8 Å². The van der Waals surface area contributed by atoms with Crippen LogP contribution in [0.4, 0.5) is 5.69 Å². The molecule has 2 fully saturated rings. The van der Waals surface area contributed by atoms with Crippen LogP contribution in [0.25, 0.3) is 0 Å². The van der Waals surface area contributed by atoms with E-state index in [1.165, 1.54) is 11.3 Å². The fourth-order valence-electron chi connectivity index (χ4n) is 3.87. The maximum Gasteiger partial charge on any atom is 0.223 e. The fourth-order valence-corrected chi connectivity index (χ4v) is 4.68. The Bertz CT molecular complexity index is 810. The van der Waals surface area contributed by atoms with Crippen molar-refractivity contribution in [3.63, 3.8) is 0 Å². The molecule has 1 aliphatic heterocycles. The zero-order valence-corrected chi connectivity index (χ0v) is 17.7. The second kappa shape index (κ2) is 7.73. The van der Waals surface area contributed by atoms with E-state index in [2.05, 4.69) is 78.5 Å². The largest absolute Gasteiger partial charge is 0.371 e. The van der Waals surface area contributed by atoms with Gasteiger partial charge in [0.05, 0.1) is 0 Å². The highest BCUT2D eigenvalue weighted by Gasteiger charge is 2.44. The molecule has 4 rings (SSSR count). The molecule has 2 aromatic carbocycles. The molecule has 1 saturated heterocycles. The normalized spacial score (nSPS) is 24.5. The van der Waals surface area contributed by atoms with Gasteiger partial charge in [0.2, 0.25) is 5.91 Å². The van der Waals surface area contributed by atoms with Crippen molar-refractivity contribution in [2.24, 2.45) is 11.8 Å². The molecule has 2 aromatic rings. The van der Waals surface area contributed by atoms with E-state index in [1.807, 2.05) is 12.1 Å². The van der Waals surface area contributed by atoms with E-state index < -0.39 is 0 Å². The van der Waals surface area contributed by atoms with E-state index >= 15 is 0 Å². The number of anilines is 1. The Hall–Kier alpha value is -1.33. The first-order chi connectivity index (χ1) is 12.6. The molecule has 5 heteroatoms. The lowest BCUT2D eigenvalue weighted by Gasteiger charge is -2.19. The van der Waals surface area contributed by atoms with Gasteiger partial charge in [0.15, 0.2) is 0 Å². The average molecular weight is 478 g/mol. The highest BCUT2D eigenvalue weighted by Crippen LogP contribution is 2.48. The summed E-state index contributed by atoms with van der Waals surface area (Å²) in [5.41, 5.74) is 2.52. The lowest BCUT2D eigenvalue weighted by atomic mass is 10.1. The van der Waals surface area contributed by atoms with Crippen molar-refractivity contribution in [3.8, 4) is 0 Å². The van der Waals surface area contributed by atoms with Gasteiger partial charge in [-0.05, 0) is 60.6 Å². The molecule has 0 bridgehead atoms. The van der Waals surface area contributed by atoms with Gasteiger partial charge in [0, 0.05) is 40.2 Å². The Morgan fingerprint density at radius 2 is 1.88 bits per heavy atom. The van der Waals surface area contributed by atoms with Crippen molar-refractivity contribution in [2.75, 3.05) is 24.5 Å². The smallest absolute Gasteiger partial charge is 0.223 e. The number of hydrogen-bond acceptors (Lipinski definition) is 2.